The van der Waals surface area contributed by atoms with Crippen LogP contribution in [0.15, 0.2) is 5.38 Å². The second-order valence-corrected chi connectivity index (χ2v) is 6.50. The van der Waals surface area contributed by atoms with E-state index in [2.05, 4.69) is 31.1 Å². The minimum Gasteiger partial charge on any atom is -0.336 e. The second-order valence-electron chi connectivity index (χ2n) is 5.56. The fraction of sp³-hybridized carbons (Fsp3) is 0.714. The first-order valence-corrected chi connectivity index (χ1v) is 7.67. The first-order chi connectivity index (χ1) is 8.58. The molecule has 0 saturated carbocycles. The second kappa shape index (κ2) is 5.83. The summed E-state index contributed by atoms with van der Waals surface area (Å²) in [6.07, 6.45) is 2.86. The van der Waals surface area contributed by atoms with Crippen molar-refractivity contribution < 1.29 is 4.79 Å². The Labute approximate surface area is 113 Å². The van der Waals surface area contributed by atoms with Gasteiger partial charge < -0.3 is 4.90 Å². The van der Waals surface area contributed by atoms with Crippen LogP contribution in [0, 0.1) is 11.8 Å². The topological polar surface area (TPSA) is 33.2 Å². The molecule has 100 valence electrons. The highest BCUT2D eigenvalue weighted by Gasteiger charge is 2.30. The third-order valence-corrected chi connectivity index (χ3v) is 4.40. The van der Waals surface area contributed by atoms with Gasteiger partial charge in [0.25, 0.3) is 0 Å². The molecule has 1 aliphatic heterocycles. The number of aromatic nitrogens is 1. The van der Waals surface area contributed by atoms with Gasteiger partial charge in [-0.15, -0.1) is 11.3 Å². The number of hydrogen-bond donors (Lipinski definition) is 0. The molecular weight excluding hydrogens is 244 g/mol. The Morgan fingerprint density at radius 2 is 2.33 bits per heavy atom. The lowest BCUT2D eigenvalue weighted by molar-refractivity contribution is -0.128. The average Bonchev–Trinajstić information content (AvgIpc) is 2.86. The number of carbonyl (C=O) groups excluding carboxylic acids is 1. The number of likely N-dealkylation sites (tertiary alicyclic amines) is 1. The number of rotatable bonds is 5. The average molecular weight is 266 g/mol. The van der Waals surface area contributed by atoms with Crippen LogP contribution in [0.5, 0.6) is 0 Å². The molecule has 1 saturated heterocycles. The zero-order valence-corrected chi connectivity index (χ0v) is 12.3. The van der Waals surface area contributed by atoms with Gasteiger partial charge in [0, 0.05) is 18.3 Å². The Balaban J connectivity index is 1.91. The van der Waals surface area contributed by atoms with Crippen molar-refractivity contribution in [2.45, 2.75) is 46.6 Å². The van der Waals surface area contributed by atoms with Crippen LogP contribution in [0.4, 0.5) is 0 Å². The van der Waals surface area contributed by atoms with E-state index in [1.165, 1.54) is 0 Å². The van der Waals surface area contributed by atoms with E-state index >= 15 is 0 Å². The van der Waals surface area contributed by atoms with Crippen molar-refractivity contribution in [3.63, 3.8) is 0 Å². The van der Waals surface area contributed by atoms with E-state index in [0.717, 1.165) is 36.5 Å². The van der Waals surface area contributed by atoms with Crippen molar-refractivity contribution in [2.75, 3.05) is 6.54 Å². The number of hydrogen-bond acceptors (Lipinski definition) is 3. The molecule has 2 rings (SSSR count). The fourth-order valence-corrected chi connectivity index (χ4v) is 3.35. The molecule has 0 N–H and O–H groups in total. The maximum Gasteiger partial charge on any atom is 0.223 e. The van der Waals surface area contributed by atoms with Crippen LogP contribution < -0.4 is 0 Å². The molecule has 4 heteroatoms. The van der Waals surface area contributed by atoms with Crippen molar-refractivity contribution in [1.29, 1.82) is 0 Å². The predicted octanol–water partition coefficient (Wildman–Crippen LogP) is 3.10. The van der Waals surface area contributed by atoms with Gasteiger partial charge >= 0.3 is 0 Å². The summed E-state index contributed by atoms with van der Waals surface area (Å²) in [4.78, 5) is 18.5. The monoisotopic (exact) mass is 266 g/mol. The fourth-order valence-electron chi connectivity index (χ4n) is 2.61. The molecule has 1 aromatic rings. The van der Waals surface area contributed by atoms with Crippen LogP contribution in [-0.2, 0) is 17.8 Å². The smallest absolute Gasteiger partial charge is 0.223 e. The Kier molecular flexibility index (Phi) is 4.38. The van der Waals surface area contributed by atoms with E-state index in [9.17, 15) is 4.79 Å². The van der Waals surface area contributed by atoms with Crippen LogP contribution >= 0.6 is 11.3 Å². The van der Waals surface area contributed by atoms with Crippen molar-refractivity contribution in [3.05, 3.63) is 16.1 Å². The number of amides is 1. The van der Waals surface area contributed by atoms with Gasteiger partial charge in [0.15, 0.2) is 0 Å². The number of nitrogens with zero attached hydrogens (tertiary/aromatic N) is 2. The number of aryl methyl sites for hydroxylation is 1. The lowest BCUT2D eigenvalue weighted by Gasteiger charge is -2.16. The van der Waals surface area contributed by atoms with Gasteiger partial charge in [-0.05, 0) is 24.7 Å². The molecule has 0 aromatic carbocycles. The number of thiazole rings is 1. The molecular formula is C14H22N2OS. The molecule has 2 heterocycles. The first kappa shape index (κ1) is 13.5. The van der Waals surface area contributed by atoms with Gasteiger partial charge in [0.2, 0.25) is 5.91 Å². The Morgan fingerprint density at radius 3 is 2.94 bits per heavy atom. The highest BCUT2D eigenvalue weighted by atomic mass is 32.1. The lowest BCUT2D eigenvalue weighted by Crippen LogP contribution is -2.24. The molecule has 3 nitrogen and oxygen atoms in total. The van der Waals surface area contributed by atoms with Gasteiger partial charge in [0.05, 0.1) is 17.2 Å². The minimum absolute atomic E-state index is 0.298. The molecule has 1 aromatic heterocycles. The van der Waals surface area contributed by atoms with Crippen LogP contribution in [0.2, 0.25) is 0 Å². The molecule has 1 atom stereocenters. The van der Waals surface area contributed by atoms with Gasteiger partial charge in [-0.25, -0.2) is 4.98 Å². The third-order valence-electron chi connectivity index (χ3n) is 3.35. The van der Waals surface area contributed by atoms with Gasteiger partial charge in [-0.2, -0.15) is 0 Å². The molecule has 0 radical (unpaired) electrons. The van der Waals surface area contributed by atoms with Gasteiger partial charge in [-0.1, -0.05) is 20.8 Å². The quantitative estimate of drug-likeness (QED) is 0.820. The molecule has 0 aliphatic carbocycles. The molecule has 0 bridgehead atoms. The molecule has 1 amide bonds. The SMILES string of the molecule is CCc1nc(CN2CC(CC(C)C)CC2=O)cs1. The van der Waals surface area contributed by atoms with E-state index in [-0.39, 0.29) is 0 Å². The summed E-state index contributed by atoms with van der Waals surface area (Å²) in [5, 5.41) is 3.25. The first-order valence-electron chi connectivity index (χ1n) is 6.79. The standard InChI is InChI=1S/C14H22N2OS/c1-4-13-15-12(9-18-13)8-16-7-11(5-10(2)3)6-14(16)17/h9-11H,4-8H2,1-3H3. The van der Waals surface area contributed by atoms with E-state index in [1.807, 2.05) is 4.90 Å². The van der Waals surface area contributed by atoms with E-state index in [4.69, 9.17) is 0 Å². The van der Waals surface area contributed by atoms with Crippen LogP contribution in [0.1, 0.15) is 44.3 Å². The van der Waals surface area contributed by atoms with Crippen molar-refractivity contribution >= 4 is 17.2 Å². The Morgan fingerprint density at radius 1 is 1.56 bits per heavy atom. The van der Waals surface area contributed by atoms with Crippen molar-refractivity contribution in [3.8, 4) is 0 Å². The molecule has 1 aliphatic rings. The summed E-state index contributed by atoms with van der Waals surface area (Å²) < 4.78 is 0. The molecule has 1 fully saturated rings. The summed E-state index contributed by atoms with van der Waals surface area (Å²) in [6, 6.07) is 0. The third kappa shape index (κ3) is 3.31. The summed E-state index contributed by atoms with van der Waals surface area (Å²) >= 11 is 1.70. The number of carbonyl (C=O) groups is 1. The molecule has 18 heavy (non-hydrogen) atoms. The van der Waals surface area contributed by atoms with Crippen LogP contribution in [0.25, 0.3) is 0 Å². The molecule has 0 spiro atoms. The van der Waals surface area contributed by atoms with E-state index in [1.54, 1.807) is 11.3 Å². The summed E-state index contributed by atoms with van der Waals surface area (Å²) in [5.41, 5.74) is 1.05. The van der Waals surface area contributed by atoms with Crippen LogP contribution in [0.3, 0.4) is 0 Å². The predicted molar refractivity (Wildman–Crippen MR) is 74.5 cm³/mol. The van der Waals surface area contributed by atoms with E-state index in [0.29, 0.717) is 24.3 Å². The largest absolute Gasteiger partial charge is 0.336 e. The zero-order chi connectivity index (χ0) is 13.1. The summed E-state index contributed by atoms with van der Waals surface area (Å²) in [7, 11) is 0. The van der Waals surface area contributed by atoms with Gasteiger partial charge in [-0.3, -0.25) is 4.79 Å². The summed E-state index contributed by atoms with van der Waals surface area (Å²) in [5.74, 6) is 1.52. The highest BCUT2D eigenvalue weighted by molar-refractivity contribution is 7.09. The Hall–Kier alpha value is -0.900. The van der Waals surface area contributed by atoms with E-state index < -0.39 is 0 Å². The summed E-state index contributed by atoms with van der Waals surface area (Å²) in [6.45, 7) is 8.17. The molecule has 1 unspecified atom stereocenters. The normalized spacial score (nSPS) is 20.1. The van der Waals surface area contributed by atoms with Crippen LogP contribution in [-0.4, -0.2) is 22.3 Å². The highest BCUT2D eigenvalue weighted by Crippen LogP contribution is 2.25. The lowest BCUT2D eigenvalue weighted by atomic mass is 9.96. The zero-order valence-electron chi connectivity index (χ0n) is 11.5. The maximum atomic E-state index is 11.9. The van der Waals surface area contributed by atoms with Gasteiger partial charge in [0.1, 0.15) is 0 Å². The van der Waals surface area contributed by atoms with Crippen molar-refractivity contribution in [1.82, 2.24) is 9.88 Å². The maximum absolute atomic E-state index is 11.9. The minimum atomic E-state index is 0.298. The van der Waals surface area contributed by atoms with Crippen molar-refractivity contribution in [2.24, 2.45) is 11.8 Å². The Bertz CT molecular complexity index is 414.